The van der Waals surface area contributed by atoms with Gasteiger partial charge in [-0.1, -0.05) is 32.0 Å². The standard InChI is InChI=1S/C21H25N3O5S/c1-14(2)20-19(21(25)24(23(20)3)15-9-7-6-8-10-15)22-30(26,27)18-13-16(28-4)11-12-17(18)29-5/h6-14,22H,1-5H3. The molecule has 1 N–H and O–H groups in total. The van der Waals surface area contributed by atoms with Crippen LogP contribution in [-0.2, 0) is 17.1 Å². The summed E-state index contributed by atoms with van der Waals surface area (Å²) in [6.45, 7) is 3.79. The zero-order valence-electron chi connectivity index (χ0n) is 17.5. The van der Waals surface area contributed by atoms with Crippen molar-refractivity contribution in [1.29, 1.82) is 0 Å². The van der Waals surface area contributed by atoms with Crippen LogP contribution < -0.4 is 19.8 Å². The number of nitrogens with zero attached hydrogens (tertiary/aromatic N) is 2. The summed E-state index contributed by atoms with van der Waals surface area (Å²) >= 11 is 0. The van der Waals surface area contributed by atoms with Gasteiger partial charge in [-0.25, -0.2) is 13.1 Å². The summed E-state index contributed by atoms with van der Waals surface area (Å²) < 4.78 is 42.4. The van der Waals surface area contributed by atoms with Crippen molar-refractivity contribution >= 4 is 15.7 Å². The van der Waals surface area contributed by atoms with Crippen LogP contribution >= 0.6 is 0 Å². The Hall–Kier alpha value is -3.20. The number of hydrogen-bond acceptors (Lipinski definition) is 5. The SMILES string of the molecule is COc1ccc(OC)c(S(=O)(=O)Nc2c(C(C)C)n(C)n(-c3ccccc3)c2=O)c1. The van der Waals surface area contributed by atoms with Crippen LogP contribution in [0.1, 0.15) is 25.5 Å². The predicted octanol–water partition coefficient (Wildman–Crippen LogP) is 3.12. The lowest BCUT2D eigenvalue weighted by atomic mass is 10.1. The Morgan fingerprint density at radius 2 is 1.67 bits per heavy atom. The smallest absolute Gasteiger partial charge is 0.296 e. The van der Waals surface area contributed by atoms with E-state index in [2.05, 4.69) is 4.72 Å². The molecule has 3 rings (SSSR count). The van der Waals surface area contributed by atoms with E-state index >= 15 is 0 Å². The number of rotatable bonds is 7. The van der Waals surface area contributed by atoms with Crippen molar-refractivity contribution in [2.45, 2.75) is 24.7 Å². The van der Waals surface area contributed by atoms with Crippen molar-refractivity contribution < 1.29 is 17.9 Å². The molecule has 0 amide bonds. The molecule has 0 spiro atoms. The van der Waals surface area contributed by atoms with Crippen molar-refractivity contribution in [3.63, 3.8) is 0 Å². The maximum atomic E-state index is 13.3. The van der Waals surface area contributed by atoms with E-state index in [1.54, 1.807) is 29.9 Å². The number of hydrogen-bond donors (Lipinski definition) is 1. The van der Waals surface area contributed by atoms with Gasteiger partial charge in [0.15, 0.2) is 0 Å². The fraction of sp³-hybridized carbons (Fsp3) is 0.286. The zero-order chi connectivity index (χ0) is 22.1. The molecular weight excluding hydrogens is 406 g/mol. The second-order valence-electron chi connectivity index (χ2n) is 7.01. The molecule has 0 saturated carbocycles. The average Bonchev–Trinajstić information content (AvgIpc) is 2.97. The molecule has 0 radical (unpaired) electrons. The maximum Gasteiger partial charge on any atom is 0.296 e. The van der Waals surface area contributed by atoms with E-state index in [0.29, 0.717) is 17.1 Å². The van der Waals surface area contributed by atoms with Gasteiger partial charge in [-0.15, -0.1) is 0 Å². The second kappa shape index (κ2) is 8.27. The minimum atomic E-state index is -4.13. The van der Waals surface area contributed by atoms with Crippen LogP contribution in [0.25, 0.3) is 5.69 Å². The third-order valence-corrected chi connectivity index (χ3v) is 6.13. The summed E-state index contributed by atoms with van der Waals surface area (Å²) in [5, 5.41) is 0. The summed E-state index contributed by atoms with van der Waals surface area (Å²) in [6, 6.07) is 13.5. The Labute approximate surface area is 175 Å². The summed E-state index contributed by atoms with van der Waals surface area (Å²) in [5.74, 6) is 0.390. The number of aromatic nitrogens is 2. The van der Waals surface area contributed by atoms with E-state index in [1.165, 1.54) is 31.0 Å². The van der Waals surface area contributed by atoms with Crippen LogP contribution in [0.3, 0.4) is 0 Å². The van der Waals surface area contributed by atoms with Gasteiger partial charge < -0.3 is 9.47 Å². The lowest BCUT2D eigenvalue weighted by molar-refractivity contribution is 0.392. The Bertz CT molecular complexity index is 1210. The van der Waals surface area contributed by atoms with Gasteiger partial charge in [0.1, 0.15) is 22.1 Å². The van der Waals surface area contributed by atoms with E-state index in [1.807, 2.05) is 32.0 Å². The molecule has 8 nitrogen and oxygen atoms in total. The van der Waals surface area contributed by atoms with Crippen LogP contribution in [0.15, 0.2) is 58.2 Å². The molecule has 0 aliphatic heterocycles. The average molecular weight is 432 g/mol. The molecule has 1 heterocycles. The third-order valence-electron chi connectivity index (χ3n) is 4.76. The molecule has 30 heavy (non-hydrogen) atoms. The summed E-state index contributed by atoms with van der Waals surface area (Å²) in [7, 11) is 0.418. The first-order chi connectivity index (χ1) is 14.2. The van der Waals surface area contributed by atoms with Gasteiger partial charge in [-0.05, 0) is 30.2 Å². The summed E-state index contributed by atoms with van der Waals surface area (Å²) in [4.78, 5) is 13.1. The van der Waals surface area contributed by atoms with Crippen LogP contribution in [0.5, 0.6) is 11.5 Å². The molecule has 0 aliphatic rings. The Balaban J connectivity index is 2.19. The molecule has 1 aromatic heterocycles. The van der Waals surface area contributed by atoms with Gasteiger partial charge in [0, 0.05) is 13.1 Å². The number of sulfonamides is 1. The zero-order valence-corrected chi connectivity index (χ0v) is 18.4. The van der Waals surface area contributed by atoms with Gasteiger partial charge in [0.05, 0.1) is 25.6 Å². The number of benzene rings is 2. The first-order valence-electron chi connectivity index (χ1n) is 9.33. The lowest BCUT2D eigenvalue weighted by Crippen LogP contribution is -2.23. The topological polar surface area (TPSA) is 91.6 Å². The minimum Gasteiger partial charge on any atom is -0.497 e. The van der Waals surface area contributed by atoms with E-state index in [4.69, 9.17) is 9.47 Å². The highest BCUT2D eigenvalue weighted by Gasteiger charge is 2.28. The minimum absolute atomic E-state index is 0.00114. The molecule has 0 unspecified atom stereocenters. The molecule has 3 aromatic rings. The van der Waals surface area contributed by atoms with Gasteiger partial charge in [0.25, 0.3) is 15.6 Å². The fourth-order valence-electron chi connectivity index (χ4n) is 3.42. The molecule has 0 saturated heterocycles. The number of nitrogens with one attached hydrogen (secondary N) is 1. The van der Waals surface area contributed by atoms with Crippen LogP contribution in [0.4, 0.5) is 5.69 Å². The van der Waals surface area contributed by atoms with E-state index in [9.17, 15) is 13.2 Å². The Morgan fingerprint density at radius 1 is 1.00 bits per heavy atom. The van der Waals surface area contributed by atoms with Crippen molar-refractivity contribution in [1.82, 2.24) is 9.36 Å². The van der Waals surface area contributed by atoms with Crippen molar-refractivity contribution in [2.75, 3.05) is 18.9 Å². The quantitative estimate of drug-likeness (QED) is 0.621. The van der Waals surface area contributed by atoms with Crippen molar-refractivity contribution in [2.24, 2.45) is 7.05 Å². The molecule has 0 fully saturated rings. The third kappa shape index (κ3) is 3.80. The van der Waals surface area contributed by atoms with Crippen molar-refractivity contribution in [3.05, 3.63) is 64.6 Å². The highest BCUT2D eigenvalue weighted by Crippen LogP contribution is 2.31. The molecule has 0 bridgehead atoms. The number of anilines is 1. The van der Waals surface area contributed by atoms with Crippen molar-refractivity contribution in [3.8, 4) is 17.2 Å². The van der Waals surface area contributed by atoms with Crippen LogP contribution in [0, 0.1) is 0 Å². The Morgan fingerprint density at radius 3 is 2.23 bits per heavy atom. The maximum absolute atomic E-state index is 13.3. The van der Waals surface area contributed by atoms with Gasteiger partial charge >= 0.3 is 0 Å². The predicted molar refractivity (Wildman–Crippen MR) is 115 cm³/mol. The Kier molecular flexibility index (Phi) is 5.93. The molecule has 0 aliphatic carbocycles. The number of para-hydroxylation sites is 1. The molecule has 9 heteroatoms. The largest absolute Gasteiger partial charge is 0.497 e. The van der Waals surface area contributed by atoms with E-state index < -0.39 is 15.6 Å². The fourth-order valence-corrected chi connectivity index (χ4v) is 4.68. The molecule has 2 aromatic carbocycles. The van der Waals surface area contributed by atoms with Gasteiger partial charge in [0.2, 0.25) is 0 Å². The number of methoxy groups -OCH3 is 2. The highest BCUT2D eigenvalue weighted by atomic mass is 32.2. The summed E-state index contributed by atoms with van der Waals surface area (Å²) in [6.07, 6.45) is 0. The lowest BCUT2D eigenvalue weighted by Gasteiger charge is -2.14. The van der Waals surface area contributed by atoms with Crippen LogP contribution in [-0.4, -0.2) is 32.0 Å². The highest BCUT2D eigenvalue weighted by molar-refractivity contribution is 7.92. The van der Waals surface area contributed by atoms with Gasteiger partial charge in [-0.2, -0.15) is 0 Å². The molecular formula is C21H25N3O5S. The first kappa shape index (κ1) is 21.5. The summed E-state index contributed by atoms with van der Waals surface area (Å²) in [5.41, 5.74) is 0.740. The first-order valence-corrected chi connectivity index (χ1v) is 10.8. The van der Waals surface area contributed by atoms with E-state index in [0.717, 1.165) is 0 Å². The molecule has 0 atom stereocenters. The molecule has 160 valence electrons. The normalized spacial score (nSPS) is 11.5. The van der Waals surface area contributed by atoms with Crippen LogP contribution in [0.2, 0.25) is 0 Å². The van der Waals surface area contributed by atoms with Gasteiger partial charge in [-0.3, -0.25) is 14.2 Å². The number of ether oxygens (including phenoxy) is 2. The van der Waals surface area contributed by atoms with E-state index in [-0.39, 0.29) is 22.3 Å². The monoisotopic (exact) mass is 431 g/mol. The second-order valence-corrected chi connectivity index (χ2v) is 8.66.